The standard InChI is InChI=1S/C12H13BrN4O/c1-7-3-4-8(13)10(5-7)16-12(18)11-9(14)6-15-17(11)2/h3-6H,14H2,1-2H3,(H,16,18). The highest BCUT2D eigenvalue weighted by Crippen LogP contribution is 2.24. The molecule has 0 aliphatic carbocycles. The summed E-state index contributed by atoms with van der Waals surface area (Å²) in [5.74, 6) is -0.279. The van der Waals surface area contributed by atoms with Crippen LogP contribution in [0.2, 0.25) is 0 Å². The Hall–Kier alpha value is -1.82. The Bertz CT molecular complexity index is 587. The van der Waals surface area contributed by atoms with Crippen LogP contribution in [-0.4, -0.2) is 15.7 Å². The number of hydrogen-bond donors (Lipinski definition) is 2. The van der Waals surface area contributed by atoms with Crippen molar-refractivity contribution >= 4 is 33.2 Å². The summed E-state index contributed by atoms with van der Waals surface area (Å²) in [4.78, 5) is 12.1. The first-order valence-corrected chi connectivity index (χ1v) is 6.13. The Balaban J connectivity index is 2.30. The maximum atomic E-state index is 12.1. The minimum absolute atomic E-state index is 0.279. The zero-order chi connectivity index (χ0) is 13.3. The molecule has 2 rings (SSSR count). The van der Waals surface area contributed by atoms with Crippen LogP contribution in [0.25, 0.3) is 0 Å². The average Bonchev–Trinajstić information content (AvgIpc) is 2.63. The SMILES string of the molecule is Cc1ccc(Br)c(NC(=O)c2c(N)cnn2C)c1. The molecule has 94 valence electrons. The Labute approximate surface area is 113 Å². The third-order valence-electron chi connectivity index (χ3n) is 2.55. The van der Waals surface area contributed by atoms with Crippen LogP contribution in [0, 0.1) is 6.92 Å². The number of nitrogens with two attached hydrogens (primary N) is 1. The molecule has 3 N–H and O–H groups in total. The highest BCUT2D eigenvalue weighted by Gasteiger charge is 2.15. The van der Waals surface area contributed by atoms with E-state index in [0.29, 0.717) is 17.1 Å². The monoisotopic (exact) mass is 308 g/mol. The second kappa shape index (κ2) is 4.81. The number of nitrogens with zero attached hydrogens (tertiary/aromatic N) is 2. The molecule has 1 heterocycles. The number of nitrogen functional groups attached to an aromatic ring is 1. The number of aromatic nitrogens is 2. The number of carbonyl (C=O) groups excluding carboxylic acids is 1. The normalized spacial score (nSPS) is 10.4. The molecule has 0 unspecified atom stereocenters. The van der Waals surface area contributed by atoms with E-state index in [-0.39, 0.29) is 5.91 Å². The lowest BCUT2D eigenvalue weighted by atomic mass is 10.2. The van der Waals surface area contributed by atoms with E-state index in [2.05, 4.69) is 26.3 Å². The van der Waals surface area contributed by atoms with Gasteiger partial charge in [-0.05, 0) is 40.5 Å². The van der Waals surface area contributed by atoms with Crippen molar-refractivity contribution in [1.82, 2.24) is 9.78 Å². The van der Waals surface area contributed by atoms with Gasteiger partial charge in [0.15, 0.2) is 0 Å². The zero-order valence-electron chi connectivity index (χ0n) is 10.1. The fourth-order valence-electron chi connectivity index (χ4n) is 1.65. The van der Waals surface area contributed by atoms with Crippen molar-refractivity contribution in [1.29, 1.82) is 0 Å². The molecule has 0 spiro atoms. The van der Waals surface area contributed by atoms with Crippen molar-refractivity contribution < 1.29 is 4.79 Å². The number of rotatable bonds is 2. The van der Waals surface area contributed by atoms with Crippen LogP contribution >= 0.6 is 15.9 Å². The topological polar surface area (TPSA) is 72.9 Å². The molecule has 5 nitrogen and oxygen atoms in total. The molecule has 0 atom stereocenters. The van der Waals surface area contributed by atoms with Crippen molar-refractivity contribution in [3.05, 3.63) is 40.1 Å². The Morgan fingerprint density at radius 1 is 1.50 bits per heavy atom. The molecule has 6 heteroatoms. The summed E-state index contributed by atoms with van der Waals surface area (Å²) in [6, 6.07) is 5.73. The number of carbonyl (C=O) groups is 1. The summed E-state index contributed by atoms with van der Waals surface area (Å²) in [5, 5.41) is 6.75. The molecule has 2 aromatic rings. The van der Waals surface area contributed by atoms with Crippen LogP contribution < -0.4 is 11.1 Å². The van der Waals surface area contributed by atoms with Crippen molar-refractivity contribution in [2.24, 2.45) is 7.05 Å². The number of hydrogen-bond acceptors (Lipinski definition) is 3. The van der Waals surface area contributed by atoms with Crippen LogP contribution in [0.1, 0.15) is 16.1 Å². The summed E-state index contributed by atoms with van der Waals surface area (Å²) < 4.78 is 2.27. The smallest absolute Gasteiger partial charge is 0.276 e. The fraction of sp³-hybridized carbons (Fsp3) is 0.167. The number of amides is 1. The molecule has 0 bridgehead atoms. The van der Waals surface area contributed by atoms with E-state index >= 15 is 0 Å². The lowest BCUT2D eigenvalue weighted by Gasteiger charge is -2.09. The van der Waals surface area contributed by atoms with Crippen LogP contribution in [0.3, 0.4) is 0 Å². The first-order chi connectivity index (χ1) is 8.49. The van der Waals surface area contributed by atoms with Crippen LogP contribution in [0.4, 0.5) is 11.4 Å². The molecule has 1 aromatic carbocycles. The number of benzene rings is 1. The maximum Gasteiger partial charge on any atom is 0.276 e. The predicted molar refractivity (Wildman–Crippen MR) is 74.5 cm³/mol. The second-order valence-corrected chi connectivity index (χ2v) is 4.86. The second-order valence-electron chi connectivity index (χ2n) is 4.01. The highest BCUT2D eigenvalue weighted by atomic mass is 79.9. The van der Waals surface area contributed by atoms with Crippen molar-refractivity contribution in [2.45, 2.75) is 6.92 Å². The Morgan fingerprint density at radius 2 is 2.22 bits per heavy atom. The van der Waals surface area contributed by atoms with Gasteiger partial charge < -0.3 is 11.1 Å². The van der Waals surface area contributed by atoms with E-state index in [1.807, 2.05) is 25.1 Å². The van der Waals surface area contributed by atoms with Crippen LogP contribution in [0.5, 0.6) is 0 Å². The molecule has 1 aromatic heterocycles. The molecular weight excluding hydrogens is 296 g/mol. The molecule has 0 aliphatic heterocycles. The molecular formula is C12H13BrN4O. The third kappa shape index (κ3) is 2.38. The number of anilines is 2. The quantitative estimate of drug-likeness (QED) is 0.894. The minimum Gasteiger partial charge on any atom is -0.396 e. The van der Waals surface area contributed by atoms with Gasteiger partial charge in [0.05, 0.1) is 17.6 Å². The number of nitrogens with one attached hydrogen (secondary N) is 1. The number of halogens is 1. The summed E-state index contributed by atoms with van der Waals surface area (Å²) in [6.45, 7) is 1.96. The first kappa shape index (κ1) is 12.6. The summed E-state index contributed by atoms with van der Waals surface area (Å²) in [7, 11) is 1.68. The van der Waals surface area contributed by atoms with Gasteiger partial charge in [0.1, 0.15) is 5.69 Å². The van der Waals surface area contributed by atoms with Gasteiger partial charge >= 0.3 is 0 Å². The third-order valence-corrected chi connectivity index (χ3v) is 3.24. The van der Waals surface area contributed by atoms with Gasteiger partial charge in [-0.1, -0.05) is 6.07 Å². The van der Waals surface area contributed by atoms with E-state index in [0.717, 1.165) is 10.0 Å². The van der Waals surface area contributed by atoms with Gasteiger partial charge in [-0.15, -0.1) is 0 Å². The fourth-order valence-corrected chi connectivity index (χ4v) is 1.99. The zero-order valence-corrected chi connectivity index (χ0v) is 11.7. The van der Waals surface area contributed by atoms with Crippen molar-refractivity contribution in [2.75, 3.05) is 11.1 Å². The van der Waals surface area contributed by atoms with E-state index in [4.69, 9.17) is 5.73 Å². The Morgan fingerprint density at radius 3 is 2.83 bits per heavy atom. The lowest BCUT2D eigenvalue weighted by Crippen LogP contribution is -2.18. The van der Waals surface area contributed by atoms with Gasteiger partial charge in [-0.2, -0.15) is 5.10 Å². The van der Waals surface area contributed by atoms with E-state index in [9.17, 15) is 4.79 Å². The van der Waals surface area contributed by atoms with Gasteiger partial charge in [-0.3, -0.25) is 9.48 Å². The summed E-state index contributed by atoms with van der Waals surface area (Å²) in [6.07, 6.45) is 1.46. The molecule has 1 amide bonds. The first-order valence-electron chi connectivity index (χ1n) is 5.34. The molecule has 0 fully saturated rings. The van der Waals surface area contributed by atoms with E-state index in [1.54, 1.807) is 7.05 Å². The van der Waals surface area contributed by atoms with Crippen molar-refractivity contribution in [3.63, 3.8) is 0 Å². The van der Waals surface area contributed by atoms with Gasteiger partial charge in [0.2, 0.25) is 0 Å². The lowest BCUT2D eigenvalue weighted by molar-refractivity contribution is 0.101. The van der Waals surface area contributed by atoms with E-state index < -0.39 is 0 Å². The van der Waals surface area contributed by atoms with Gasteiger partial charge in [-0.25, -0.2) is 0 Å². The predicted octanol–water partition coefficient (Wildman–Crippen LogP) is 2.33. The highest BCUT2D eigenvalue weighted by molar-refractivity contribution is 9.10. The molecule has 0 saturated heterocycles. The van der Waals surface area contributed by atoms with Crippen LogP contribution in [0.15, 0.2) is 28.9 Å². The van der Waals surface area contributed by atoms with Gasteiger partial charge in [0, 0.05) is 11.5 Å². The van der Waals surface area contributed by atoms with Gasteiger partial charge in [0.25, 0.3) is 5.91 Å². The van der Waals surface area contributed by atoms with E-state index in [1.165, 1.54) is 10.9 Å². The average molecular weight is 309 g/mol. The summed E-state index contributed by atoms with van der Waals surface area (Å²) >= 11 is 3.39. The van der Waals surface area contributed by atoms with Crippen LogP contribution in [-0.2, 0) is 7.05 Å². The van der Waals surface area contributed by atoms with Crippen molar-refractivity contribution in [3.8, 4) is 0 Å². The molecule has 0 radical (unpaired) electrons. The molecule has 0 saturated carbocycles. The molecule has 0 aliphatic rings. The summed E-state index contributed by atoms with van der Waals surface area (Å²) in [5.41, 5.74) is 8.19. The Kier molecular flexibility index (Phi) is 3.38. The largest absolute Gasteiger partial charge is 0.396 e. The molecule has 18 heavy (non-hydrogen) atoms. The minimum atomic E-state index is -0.279. The maximum absolute atomic E-state index is 12.1. The number of aryl methyl sites for hydroxylation is 2.